The average Bonchev–Trinajstić information content (AvgIpc) is 2.76. The number of ether oxygens (including phenoxy) is 2. The lowest BCUT2D eigenvalue weighted by Crippen LogP contribution is -2.35. The zero-order valence-corrected chi connectivity index (χ0v) is 22.7. The molecule has 0 aliphatic carbocycles. The molecule has 3 N–H and O–H groups in total. The molecular formula is C22H26Br3N3O4. The highest BCUT2D eigenvalue weighted by molar-refractivity contribution is 9.11. The molecule has 2 aromatic carbocycles. The molecule has 0 radical (unpaired) electrons. The molecule has 0 spiro atoms. The molecule has 0 fully saturated rings. The standard InChI is InChI=1S/C22H26Br3N3O4/c1-28(8-3-9-32-21-17(24)11-15(6-7-26)12-18(21)25)22(29)19(27-30)13-14-4-5-20(31-2)16(23)10-14/h4-5,10-12,30H,3,6-9,13,26H2,1-2H3/b27-19-. The second-order valence-corrected chi connectivity index (χ2v) is 9.61. The summed E-state index contributed by atoms with van der Waals surface area (Å²) in [6.45, 7) is 1.45. The molecule has 32 heavy (non-hydrogen) atoms. The van der Waals surface area contributed by atoms with Gasteiger partial charge in [-0.15, -0.1) is 0 Å². The number of nitrogens with two attached hydrogens (primary N) is 1. The Labute approximate surface area is 213 Å². The van der Waals surface area contributed by atoms with Crippen LogP contribution in [0.2, 0.25) is 0 Å². The number of hydrogen-bond acceptors (Lipinski definition) is 6. The summed E-state index contributed by atoms with van der Waals surface area (Å²) in [5, 5.41) is 12.6. The molecule has 0 unspecified atom stereocenters. The van der Waals surface area contributed by atoms with E-state index in [1.807, 2.05) is 24.3 Å². The Morgan fingerprint density at radius 3 is 2.34 bits per heavy atom. The number of carbonyl (C=O) groups excluding carboxylic acids is 1. The van der Waals surface area contributed by atoms with Gasteiger partial charge in [-0.1, -0.05) is 11.2 Å². The number of rotatable bonds is 11. The summed E-state index contributed by atoms with van der Waals surface area (Å²) in [6, 6.07) is 9.43. The molecule has 0 saturated heterocycles. The van der Waals surface area contributed by atoms with Gasteiger partial charge in [0.1, 0.15) is 17.2 Å². The first-order chi connectivity index (χ1) is 15.3. The van der Waals surface area contributed by atoms with E-state index in [1.54, 1.807) is 20.2 Å². The number of carbonyl (C=O) groups is 1. The number of hydrogen-bond donors (Lipinski definition) is 2. The third kappa shape index (κ3) is 7.47. The van der Waals surface area contributed by atoms with Gasteiger partial charge in [-0.3, -0.25) is 4.79 Å². The highest BCUT2D eigenvalue weighted by Gasteiger charge is 2.18. The molecule has 10 heteroatoms. The van der Waals surface area contributed by atoms with Gasteiger partial charge in [-0.05, 0) is 103 Å². The van der Waals surface area contributed by atoms with Gasteiger partial charge in [0.2, 0.25) is 0 Å². The molecule has 174 valence electrons. The second kappa shape index (κ2) is 13.2. The maximum absolute atomic E-state index is 12.7. The smallest absolute Gasteiger partial charge is 0.271 e. The van der Waals surface area contributed by atoms with Crippen molar-refractivity contribution in [3.63, 3.8) is 0 Å². The molecule has 2 aromatic rings. The van der Waals surface area contributed by atoms with Gasteiger partial charge in [-0.25, -0.2) is 0 Å². The van der Waals surface area contributed by atoms with Crippen molar-refractivity contribution in [1.82, 2.24) is 4.90 Å². The van der Waals surface area contributed by atoms with Crippen molar-refractivity contribution in [2.24, 2.45) is 10.9 Å². The monoisotopic (exact) mass is 633 g/mol. The first-order valence-corrected chi connectivity index (χ1v) is 12.3. The van der Waals surface area contributed by atoms with Crippen molar-refractivity contribution < 1.29 is 19.5 Å². The van der Waals surface area contributed by atoms with E-state index in [1.165, 1.54) is 4.90 Å². The highest BCUT2D eigenvalue weighted by atomic mass is 79.9. The number of benzene rings is 2. The van der Waals surface area contributed by atoms with Crippen LogP contribution in [-0.4, -0.2) is 55.6 Å². The Bertz CT molecular complexity index is 946. The van der Waals surface area contributed by atoms with E-state index in [-0.39, 0.29) is 18.0 Å². The van der Waals surface area contributed by atoms with Crippen molar-refractivity contribution in [3.8, 4) is 11.5 Å². The molecule has 0 aliphatic rings. The van der Waals surface area contributed by atoms with Crippen LogP contribution in [0.25, 0.3) is 0 Å². The number of halogens is 3. The molecule has 2 rings (SSSR count). The lowest BCUT2D eigenvalue weighted by molar-refractivity contribution is -0.123. The van der Waals surface area contributed by atoms with Gasteiger partial charge in [0, 0.05) is 20.0 Å². The maximum Gasteiger partial charge on any atom is 0.271 e. The zero-order chi connectivity index (χ0) is 23.7. The highest BCUT2D eigenvalue weighted by Crippen LogP contribution is 2.35. The molecule has 0 atom stereocenters. The molecule has 0 aromatic heterocycles. The number of methoxy groups -OCH3 is 1. The van der Waals surface area contributed by atoms with Crippen LogP contribution >= 0.6 is 47.8 Å². The van der Waals surface area contributed by atoms with E-state index >= 15 is 0 Å². The molecule has 0 saturated carbocycles. The van der Waals surface area contributed by atoms with Gasteiger partial charge in [-0.2, -0.15) is 0 Å². The Morgan fingerprint density at radius 2 is 1.78 bits per heavy atom. The Kier molecular flexibility index (Phi) is 11.0. The predicted molar refractivity (Wildman–Crippen MR) is 136 cm³/mol. The third-order valence-corrected chi connectivity index (χ3v) is 6.48. The van der Waals surface area contributed by atoms with Gasteiger partial charge in [0.15, 0.2) is 0 Å². The van der Waals surface area contributed by atoms with E-state index in [0.717, 1.165) is 31.0 Å². The van der Waals surface area contributed by atoms with Gasteiger partial charge in [0.25, 0.3) is 5.91 Å². The summed E-state index contributed by atoms with van der Waals surface area (Å²) < 4.78 is 13.6. The van der Waals surface area contributed by atoms with Crippen molar-refractivity contribution >= 4 is 59.4 Å². The minimum atomic E-state index is -0.340. The predicted octanol–water partition coefficient (Wildman–Crippen LogP) is 4.78. The Hall–Kier alpha value is -1.62. The van der Waals surface area contributed by atoms with E-state index < -0.39 is 0 Å². The van der Waals surface area contributed by atoms with Crippen LogP contribution in [0.1, 0.15) is 17.5 Å². The van der Waals surface area contributed by atoms with Gasteiger partial charge in [0.05, 0.1) is 27.1 Å². The van der Waals surface area contributed by atoms with Gasteiger partial charge >= 0.3 is 0 Å². The summed E-state index contributed by atoms with van der Waals surface area (Å²) in [5.74, 6) is 1.06. The van der Waals surface area contributed by atoms with Crippen LogP contribution in [-0.2, 0) is 17.6 Å². The van der Waals surface area contributed by atoms with Crippen LogP contribution in [0.15, 0.2) is 48.9 Å². The molecule has 1 amide bonds. The third-order valence-electron chi connectivity index (χ3n) is 4.68. The van der Waals surface area contributed by atoms with E-state index in [2.05, 4.69) is 52.9 Å². The van der Waals surface area contributed by atoms with Crippen LogP contribution in [0, 0.1) is 0 Å². The molecule has 0 aliphatic heterocycles. The topological polar surface area (TPSA) is 97.4 Å². The lowest BCUT2D eigenvalue weighted by atomic mass is 10.1. The van der Waals surface area contributed by atoms with Crippen molar-refractivity contribution in [2.75, 3.05) is 33.9 Å². The van der Waals surface area contributed by atoms with Crippen LogP contribution < -0.4 is 15.2 Å². The molecular weight excluding hydrogens is 610 g/mol. The summed E-state index contributed by atoms with van der Waals surface area (Å²) in [7, 11) is 3.25. The summed E-state index contributed by atoms with van der Waals surface area (Å²) in [4.78, 5) is 14.2. The minimum absolute atomic E-state index is 0.0615. The van der Waals surface area contributed by atoms with Crippen LogP contribution in [0.5, 0.6) is 11.5 Å². The Balaban J connectivity index is 1.88. The lowest BCUT2D eigenvalue weighted by Gasteiger charge is -2.18. The van der Waals surface area contributed by atoms with E-state index in [4.69, 9.17) is 15.2 Å². The van der Waals surface area contributed by atoms with Gasteiger partial charge < -0.3 is 25.3 Å². The first-order valence-electron chi connectivity index (χ1n) is 9.90. The fourth-order valence-electron chi connectivity index (χ4n) is 3.03. The number of amides is 1. The molecule has 7 nitrogen and oxygen atoms in total. The maximum atomic E-state index is 12.7. The van der Waals surface area contributed by atoms with E-state index in [9.17, 15) is 10.0 Å². The van der Waals surface area contributed by atoms with Crippen molar-refractivity contribution in [1.29, 1.82) is 0 Å². The first kappa shape index (κ1) is 26.6. The quantitative estimate of drug-likeness (QED) is 0.160. The number of nitrogens with zero attached hydrogens (tertiary/aromatic N) is 2. The zero-order valence-electron chi connectivity index (χ0n) is 17.9. The van der Waals surface area contributed by atoms with Crippen molar-refractivity contribution in [2.45, 2.75) is 19.3 Å². The fourth-order valence-corrected chi connectivity index (χ4v) is 5.12. The molecule has 0 heterocycles. The second-order valence-electron chi connectivity index (χ2n) is 7.05. The summed E-state index contributed by atoms with van der Waals surface area (Å²) in [5.41, 5.74) is 7.62. The number of oxime groups is 1. The SMILES string of the molecule is COc1ccc(C/C(=N/O)C(=O)N(C)CCCOc2c(Br)cc(CCN)cc2Br)cc1Br. The normalized spacial score (nSPS) is 11.4. The Morgan fingerprint density at radius 1 is 1.12 bits per heavy atom. The van der Waals surface area contributed by atoms with Crippen molar-refractivity contribution in [3.05, 3.63) is 54.9 Å². The summed E-state index contributed by atoms with van der Waals surface area (Å²) in [6.07, 6.45) is 1.60. The van der Waals surface area contributed by atoms with Crippen LogP contribution in [0.3, 0.4) is 0 Å². The minimum Gasteiger partial charge on any atom is -0.496 e. The molecule has 0 bridgehead atoms. The average molecular weight is 636 g/mol. The summed E-state index contributed by atoms with van der Waals surface area (Å²) >= 11 is 10.5. The largest absolute Gasteiger partial charge is 0.496 e. The van der Waals surface area contributed by atoms with E-state index in [0.29, 0.717) is 37.6 Å². The fraction of sp³-hybridized carbons (Fsp3) is 0.364. The van der Waals surface area contributed by atoms with Crippen LogP contribution in [0.4, 0.5) is 0 Å².